The molecule has 1 amide bonds. The third-order valence-electron chi connectivity index (χ3n) is 6.19. The SMILES string of the molecule is O=C(OC(O)(Cc1ccccc1)c1c(C2CC2)ccn2cncc12)N1CCCCC1. The summed E-state index contributed by atoms with van der Waals surface area (Å²) in [6.45, 7) is 1.35. The first-order valence-electron chi connectivity index (χ1n) is 10.8. The summed E-state index contributed by atoms with van der Waals surface area (Å²) in [5, 5.41) is 12.0. The molecule has 0 bridgehead atoms. The minimum Gasteiger partial charge on any atom is -0.412 e. The molecule has 156 valence electrons. The van der Waals surface area contributed by atoms with E-state index < -0.39 is 11.9 Å². The van der Waals surface area contributed by atoms with Crippen molar-refractivity contribution in [2.24, 2.45) is 0 Å². The molecule has 2 aliphatic rings. The molecule has 5 rings (SSSR count). The number of nitrogens with zero attached hydrogens (tertiary/aromatic N) is 3. The topological polar surface area (TPSA) is 67.1 Å². The molecule has 0 radical (unpaired) electrons. The van der Waals surface area contributed by atoms with Crippen LogP contribution in [0, 0.1) is 0 Å². The highest BCUT2D eigenvalue weighted by Crippen LogP contribution is 2.46. The lowest BCUT2D eigenvalue weighted by molar-refractivity contribution is -0.176. The van der Waals surface area contributed by atoms with Gasteiger partial charge in [0.2, 0.25) is 5.79 Å². The number of hydrogen-bond donors (Lipinski definition) is 1. The first-order chi connectivity index (χ1) is 14.6. The smallest absolute Gasteiger partial charge is 0.412 e. The Balaban J connectivity index is 1.59. The van der Waals surface area contributed by atoms with Gasteiger partial charge in [0.25, 0.3) is 0 Å². The number of rotatable bonds is 5. The molecule has 30 heavy (non-hydrogen) atoms. The number of carbonyl (C=O) groups is 1. The molecule has 1 aliphatic carbocycles. The second-order valence-corrected chi connectivity index (χ2v) is 8.47. The van der Waals surface area contributed by atoms with Crippen LogP contribution >= 0.6 is 0 Å². The van der Waals surface area contributed by atoms with Gasteiger partial charge in [-0.2, -0.15) is 0 Å². The highest BCUT2D eigenvalue weighted by atomic mass is 16.7. The van der Waals surface area contributed by atoms with E-state index >= 15 is 0 Å². The van der Waals surface area contributed by atoms with Gasteiger partial charge in [0.15, 0.2) is 0 Å². The Morgan fingerprint density at radius 2 is 1.90 bits per heavy atom. The molecule has 3 aromatic rings. The zero-order chi connectivity index (χ0) is 20.6. The van der Waals surface area contributed by atoms with Crippen molar-refractivity contribution >= 4 is 11.6 Å². The van der Waals surface area contributed by atoms with Crippen LogP contribution in [0.15, 0.2) is 55.1 Å². The summed E-state index contributed by atoms with van der Waals surface area (Å²) in [6, 6.07) is 11.7. The van der Waals surface area contributed by atoms with Crippen LogP contribution in [0.4, 0.5) is 4.79 Å². The van der Waals surface area contributed by atoms with E-state index in [9.17, 15) is 9.90 Å². The number of aliphatic hydroxyl groups is 1. The summed E-state index contributed by atoms with van der Waals surface area (Å²) in [5.41, 5.74) is 3.41. The number of benzene rings is 1. The molecule has 0 spiro atoms. The average molecular weight is 405 g/mol. The fourth-order valence-electron chi connectivity index (χ4n) is 4.50. The average Bonchev–Trinajstić information content (AvgIpc) is 3.51. The van der Waals surface area contributed by atoms with Gasteiger partial charge in [0, 0.05) is 25.7 Å². The molecule has 1 aliphatic heterocycles. The molecule has 1 N–H and O–H groups in total. The summed E-state index contributed by atoms with van der Waals surface area (Å²) in [4.78, 5) is 19.1. The Morgan fingerprint density at radius 1 is 1.13 bits per heavy atom. The van der Waals surface area contributed by atoms with Crippen LogP contribution in [0.25, 0.3) is 5.52 Å². The van der Waals surface area contributed by atoms with Crippen LogP contribution < -0.4 is 0 Å². The summed E-state index contributed by atoms with van der Waals surface area (Å²) < 4.78 is 7.85. The molecule has 1 saturated carbocycles. The van der Waals surface area contributed by atoms with Gasteiger partial charge in [-0.15, -0.1) is 0 Å². The fourth-order valence-corrected chi connectivity index (χ4v) is 4.50. The molecule has 1 unspecified atom stereocenters. The number of amides is 1. The van der Waals surface area contributed by atoms with Gasteiger partial charge >= 0.3 is 6.09 Å². The van der Waals surface area contributed by atoms with E-state index in [2.05, 4.69) is 4.98 Å². The second-order valence-electron chi connectivity index (χ2n) is 8.47. The van der Waals surface area contributed by atoms with E-state index in [4.69, 9.17) is 4.74 Å². The standard InChI is InChI=1S/C24H27N3O3/c28-23(26-12-5-2-6-13-26)30-24(29,15-18-7-3-1-4-8-18)22-20(19-9-10-19)11-14-27-17-25-16-21(22)27/h1,3-4,7-8,11,14,16-17,19,29H,2,5-6,9-10,12-13,15H2. The highest BCUT2D eigenvalue weighted by molar-refractivity contribution is 5.70. The molecular weight excluding hydrogens is 378 g/mol. The van der Waals surface area contributed by atoms with Crippen LogP contribution in [0.2, 0.25) is 0 Å². The quantitative estimate of drug-likeness (QED) is 0.646. The molecule has 1 atom stereocenters. The minimum absolute atomic E-state index is 0.192. The van der Waals surface area contributed by atoms with Gasteiger partial charge in [-0.05, 0) is 55.2 Å². The maximum atomic E-state index is 13.1. The molecule has 2 aromatic heterocycles. The van der Waals surface area contributed by atoms with Crippen LogP contribution in [-0.2, 0) is 16.9 Å². The largest absolute Gasteiger partial charge is 0.412 e. The lowest BCUT2D eigenvalue weighted by atomic mass is 9.91. The lowest BCUT2D eigenvalue weighted by Crippen LogP contribution is -2.43. The second kappa shape index (κ2) is 7.76. The highest BCUT2D eigenvalue weighted by Gasteiger charge is 2.42. The normalized spacial score (nSPS) is 18.9. The first-order valence-corrected chi connectivity index (χ1v) is 10.8. The minimum atomic E-state index is -1.77. The fraction of sp³-hybridized carbons (Fsp3) is 0.417. The van der Waals surface area contributed by atoms with Crippen molar-refractivity contribution in [3.8, 4) is 0 Å². The van der Waals surface area contributed by atoms with Crippen molar-refractivity contribution in [1.82, 2.24) is 14.3 Å². The van der Waals surface area contributed by atoms with E-state index in [0.29, 0.717) is 24.6 Å². The number of carbonyl (C=O) groups excluding carboxylic acids is 1. The molecule has 6 heteroatoms. The van der Waals surface area contributed by atoms with Gasteiger partial charge in [-0.25, -0.2) is 9.78 Å². The van der Waals surface area contributed by atoms with E-state index in [1.807, 2.05) is 47.0 Å². The Hall–Kier alpha value is -2.86. The van der Waals surface area contributed by atoms with Crippen molar-refractivity contribution < 1.29 is 14.6 Å². The van der Waals surface area contributed by atoms with Crippen molar-refractivity contribution in [1.29, 1.82) is 0 Å². The molecule has 6 nitrogen and oxygen atoms in total. The van der Waals surface area contributed by atoms with Crippen molar-refractivity contribution in [2.75, 3.05) is 13.1 Å². The Bertz CT molecular complexity index is 1040. The van der Waals surface area contributed by atoms with Crippen LogP contribution in [0.3, 0.4) is 0 Å². The Morgan fingerprint density at radius 3 is 2.63 bits per heavy atom. The van der Waals surface area contributed by atoms with E-state index in [-0.39, 0.29) is 6.42 Å². The van der Waals surface area contributed by atoms with Gasteiger partial charge in [0.05, 0.1) is 23.6 Å². The third kappa shape index (κ3) is 3.67. The van der Waals surface area contributed by atoms with E-state index in [1.54, 1.807) is 17.4 Å². The molecule has 1 aromatic carbocycles. The number of pyridine rings is 1. The van der Waals surface area contributed by atoms with E-state index in [0.717, 1.165) is 48.7 Å². The number of fused-ring (bicyclic) bond motifs is 1. The van der Waals surface area contributed by atoms with Gasteiger partial charge in [-0.3, -0.25) is 0 Å². The predicted molar refractivity (Wildman–Crippen MR) is 113 cm³/mol. The Kier molecular flexibility index (Phi) is 4.95. The number of aromatic nitrogens is 2. The zero-order valence-corrected chi connectivity index (χ0v) is 17.0. The number of likely N-dealkylation sites (tertiary alicyclic amines) is 1. The maximum absolute atomic E-state index is 13.1. The van der Waals surface area contributed by atoms with E-state index in [1.165, 1.54) is 0 Å². The maximum Gasteiger partial charge on any atom is 0.412 e. The number of ether oxygens (including phenoxy) is 1. The summed E-state index contributed by atoms with van der Waals surface area (Å²) in [7, 11) is 0. The Labute approximate surface area is 176 Å². The summed E-state index contributed by atoms with van der Waals surface area (Å²) in [6.07, 6.45) is 10.4. The first kappa shape index (κ1) is 19.1. The van der Waals surface area contributed by atoms with Crippen molar-refractivity contribution in [2.45, 2.75) is 50.2 Å². The number of imidazole rings is 1. The van der Waals surface area contributed by atoms with Crippen molar-refractivity contribution in [3.63, 3.8) is 0 Å². The molecule has 2 fully saturated rings. The molecular formula is C24H27N3O3. The number of piperidine rings is 1. The molecule has 1 saturated heterocycles. The summed E-state index contributed by atoms with van der Waals surface area (Å²) in [5.74, 6) is -1.38. The number of hydrogen-bond acceptors (Lipinski definition) is 4. The van der Waals surface area contributed by atoms with Crippen LogP contribution in [0.5, 0.6) is 0 Å². The summed E-state index contributed by atoms with van der Waals surface area (Å²) >= 11 is 0. The van der Waals surface area contributed by atoms with Gasteiger partial charge in [0.1, 0.15) is 0 Å². The van der Waals surface area contributed by atoms with Crippen LogP contribution in [-0.4, -0.2) is 38.6 Å². The zero-order valence-electron chi connectivity index (χ0n) is 17.0. The predicted octanol–water partition coefficient (Wildman–Crippen LogP) is 4.22. The van der Waals surface area contributed by atoms with Crippen molar-refractivity contribution in [3.05, 3.63) is 71.8 Å². The van der Waals surface area contributed by atoms with Crippen LogP contribution in [0.1, 0.15) is 54.7 Å². The lowest BCUT2D eigenvalue weighted by Gasteiger charge is -2.34. The monoisotopic (exact) mass is 405 g/mol. The van der Waals surface area contributed by atoms with Gasteiger partial charge < -0.3 is 19.1 Å². The molecule has 3 heterocycles. The van der Waals surface area contributed by atoms with Gasteiger partial charge in [-0.1, -0.05) is 30.3 Å². The third-order valence-corrected chi connectivity index (χ3v) is 6.19.